The van der Waals surface area contributed by atoms with Crippen molar-refractivity contribution in [1.29, 1.82) is 0 Å². The lowest BCUT2D eigenvalue weighted by Gasteiger charge is -2.37. The predicted octanol–water partition coefficient (Wildman–Crippen LogP) is 4.77. The Balaban J connectivity index is 0.000000296. The summed E-state index contributed by atoms with van der Waals surface area (Å²) in [6.07, 6.45) is 5.37. The van der Waals surface area contributed by atoms with E-state index in [-0.39, 0.29) is 63.3 Å². The Labute approximate surface area is 410 Å². The highest BCUT2D eigenvalue weighted by atomic mass is 35.5. The smallest absolute Gasteiger partial charge is 0.561 e. The van der Waals surface area contributed by atoms with Crippen LogP contribution in [-0.4, -0.2) is 109 Å². The number of nitrogens with two attached hydrogens (primary N) is 2. The van der Waals surface area contributed by atoms with Crippen molar-refractivity contribution >= 4 is 83.4 Å². The van der Waals surface area contributed by atoms with E-state index in [4.69, 9.17) is 58.5 Å². The van der Waals surface area contributed by atoms with Crippen LogP contribution in [0.25, 0.3) is 0 Å². The predicted molar refractivity (Wildman–Crippen MR) is 259 cm³/mol. The maximum absolute atomic E-state index is 13.1. The minimum Gasteiger partial charge on any atom is -0.588 e. The summed E-state index contributed by atoms with van der Waals surface area (Å²) in [7, 11) is -8.76. The van der Waals surface area contributed by atoms with Gasteiger partial charge >= 0.3 is 15.0 Å². The number of nitrogens with zero attached hydrogens (tertiary/aromatic N) is 8. The number of methoxy groups -OCH3 is 2. The zero-order valence-electron chi connectivity index (χ0n) is 39.6. The Morgan fingerprint density at radius 2 is 1.28 bits per heavy atom. The highest BCUT2D eigenvalue weighted by Crippen LogP contribution is 2.56. The van der Waals surface area contributed by atoms with Crippen LogP contribution in [0.1, 0.15) is 82.1 Å². The Hall–Kier alpha value is -5.00. The first-order valence-corrected chi connectivity index (χ1v) is 26.7. The van der Waals surface area contributed by atoms with Gasteiger partial charge in [0, 0.05) is 53.3 Å². The van der Waals surface area contributed by atoms with Crippen LogP contribution in [0.4, 0.5) is 23.5 Å². The topological polar surface area (TPSA) is 361 Å². The number of Topliss-reactive ketones (excluding diaryl/α,β-unsaturated/α-hetero) is 2. The molecule has 3 unspecified atom stereocenters. The second kappa shape index (κ2) is 24.2. The summed E-state index contributed by atoms with van der Waals surface area (Å²) < 4.78 is 55.6. The van der Waals surface area contributed by atoms with Crippen LogP contribution in [0.3, 0.4) is 0 Å². The number of aromatic nitrogens is 6. The van der Waals surface area contributed by atoms with E-state index in [2.05, 4.69) is 29.9 Å². The second-order valence-corrected chi connectivity index (χ2v) is 22.7. The van der Waals surface area contributed by atoms with Crippen molar-refractivity contribution in [3.63, 3.8) is 0 Å². The fraction of sp³-hybridized carbons (Fsp3) is 0.463. The number of halogens is 2. The number of pyridine rings is 2. The molecule has 0 saturated heterocycles. The number of aliphatic hydroxyl groups excluding tert-OH is 1. The number of aliphatic hydroxyl groups is 1. The molecule has 69 heavy (non-hydrogen) atoms. The minimum atomic E-state index is -4.78. The average Bonchev–Trinajstić information content (AvgIpc) is 3.21. The van der Waals surface area contributed by atoms with Crippen molar-refractivity contribution in [1.82, 2.24) is 29.9 Å². The molecule has 0 amide bonds. The summed E-state index contributed by atoms with van der Waals surface area (Å²) in [5, 5.41) is 10.7. The number of allylic oxidation sites excluding steroid dienone is 1. The van der Waals surface area contributed by atoms with Crippen LogP contribution >= 0.6 is 38.2 Å². The molecule has 23 nitrogen and oxygen atoms in total. The molecule has 4 aromatic rings. The van der Waals surface area contributed by atoms with Crippen molar-refractivity contribution in [2.45, 2.75) is 74.6 Å². The number of carbonyl (C=O) groups is 2. The average molecular weight is 1060 g/mol. The number of ketones is 2. The molecule has 8 N–H and O–H groups in total. The maximum Gasteiger partial charge on any atom is 0.561 e. The summed E-state index contributed by atoms with van der Waals surface area (Å²) in [5.74, 6) is 1.42. The van der Waals surface area contributed by atoms with E-state index in [0.29, 0.717) is 43.1 Å². The van der Waals surface area contributed by atoms with Crippen molar-refractivity contribution < 1.29 is 61.0 Å². The van der Waals surface area contributed by atoms with Gasteiger partial charge in [-0.3, -0.25) is 33.9 Å². The largest absolute Gasteiger partial charge is 0.588 e. The third-order valence-electron chi connectivity index (χ3n) is 10.2. The highest BCUT2D eigenvalue weighted by molar-refractivity contribution is 8.19. The van der Waals surface area contributed by atoms with Crippen molar-refractivity contribution in [2.75, 3.05) is 54.8 Å². The van der Waals surface area contributed by atoms with E-state index < -0.39 is 37.1 Å². The molecule has 28 heteroatoms. The van der Waals surface area contributed by atoms with Gasteiger partial charge in [-0.05, 0) is 39.5 Å². The number of aryl methyl sites for hydroxylation is 2. The number of carbonyl (C=O) groups excluding carboxylic acids is 2. The van der Waals surface area contributed by atoms with E-state index in [0.717, 1.165) is 45.1 Å². The van der Waals surface area contributed by atoms with Gasteiger partial charge < -0.3 is 40.7 Å². The zero-order valence-corrected chi connectivity index (χ0v) is 43.7. The van der Waals surface area contributed by atoms with Crippen molar-refractivity contribution in [2.24, 2.45) is 17.8 Å². The SMILES string of the molecule is COc1c(C)cnc(CN2C/C(=C\C(C)C)C(=O)c3c(Cl)nc(N)nc32)c1C.COc1c(C)cnc(CN2CC(C(O)C(C)C)C(=O)c3c(Cl)nc(N)nc32)c1C.CS(=O)(=O)O.O=[P+]([O-])P(=O)(O)O. The lowest BCUT2D eigenvalue weighted by Crippen LogP contribution is -2.46. The van der Waals surface area contributed by atoms with Crippen LogP contribution in [0.2, 0.25) is 10.3 Å². The number of ether oxygens (including phenoxy) is 2. The zero-order chi connectivity index (χ0) is 52.6. The number of nitrogen functional groups attached to an aromatic ring is 2. The van der Waals surface area contributed by atoms with E-state index >= 15 is 0 Å². The first kappa shape index (κ1) is 58.3. The summed E-state index contributed by atoms with van der Waals surface area (Å²) in [6, 6.07) is 0. The molecule has 4 aromatic heterocycles. The molecule has 0 aromatic carbocycles. The monoisotopic (exact) mass is 1060 g/mol. The lowest BCUT2D eigenvalue weighted by molar-refractivity contribution is -0.160. The van der Waals surface area contributed by atoms with Gasteiger partial charge in [0.2, 0.25) is 11.9 Å². The quantitative estimate of drug-likeness (QED) is 0.0539. The number of rotatable bonds is 10. The molecule has 0 saturated carbocycles. The standard InChI is InChI=1S/C20H26ClN5O3.C20H24ClN5O2.CH4O3S.H2O5P2/c1-9(2)15(27)12-7-26(8-13-11(4)17(29-5)10(3)6-23-13)19-14(16(12)28)18(21)24-20(22)25-19;1-10(2)6-13-8-26(9-14-12(4)17(28-5)11(3)7-23-14)19-15(16(13)27)18(21)24-20(22)25-19;1-5(2,3)4;1-6(2)7(3,4)5/h6,9,12,15,27H,7-8H2,1-5H3,(H2,22,24,25);6-7,10H,8-9H2,1-5H3,(H2,22,24,25);1H3,(H,2,3,4);(H2,3,4,5)/b;13-6+;;. The molecule has 3 atom stereocenters. The Morgan fingerprint density at radius 3 is 1.67 bits per heavy atom. The molecule has 2 aliphatic heterocycles. The van der Waals surface area contributed by atoms with Gasteiger partial charge in [0.1, 0.15) is 39.0 Å². The highest BCUT2D eigenvalue weighted by Gasteiger charge is 2.41. The molecule has 0 fully saturated rings. The summed E-state index contributed by atoms with van der Waals surface area (Å²) in [6.45, 7) is 17.0. The molecule has 2 aliphatic rings. The number of hydrogen-bond acceptors (Lipinski definition) is 20. The normalized spacial score (nSPS) is 15.8. The second-order valence-electron chi connectivity index (χ2n) is 16.4. The van der Waals surface area contributed by atoms with Gasteiger partial charge in [0.15, 0.2) is 11.6 Å². The Bertz CT molecular complexity index is 2770. The van der Waals surface area contributed by atoms with Crippen molar-refractivity contribution in [3.8, 4) is 11.5 Å². The molecular weight excluding hydrogens is 1010 g/mol. The number of anilines is 4. The molecule has 0 aliphatic carbocycles. The minimum absolute atomic E-state index is 0.00526. The van der Waals surface area contributed by atoms with Crippen LogP contribution in [0.5, 0.6) is 11.5 Å². The molecule has 0 radical (unpaired) electrons. The van der Waals surface area contributed by atoms with Gasteiger partial charge in [-0.15, -0.1) is 0 Å². The van der Waals surface area contributed by atoms with Gasteiger partial charge in [0.05, 0.1) is 62.5 Å². The Morgan fingerprint density at radius 1 is 0.870 bits per heavy atom. The van der Waals surface area contributed by atoms with Gasteiger partial charge in [-0.25, -0.2) is 14.5 Å². The van der Waals surface area contributed by atoms with Crippen molar-refractivity contribution in [3.05, 3.63) is 79.1 Å². The van der Waals surface area contributed by atoms with E-state index in [1.165, 1.54) is 0 Å². The molecule has 0 spiro atoms. The van der Waals surface area contributed by atoms with E-state index in [1.807, 2.05) is 71.3 Å². The summed E-state index contributed by atoms with van der Waals surface area (Å²) >= 11 is 12.5. The fourth-order valence-corrected chi connectivity index (χ4v) is 7.72. The molecule has 6 rings (SSSR count). The Kier molecular flexibility index (Phi) is 20.5. The summed E-state index contributed by atoms with van der Waals surface area (Å²) in [5.41, 5.74) is 18.1. The first-order valence-electron chi connectivity index (χ1n) is 20.6. The van der Waals surface area contributed by atoms with E-state index in [1.54, 1.807) is 26.6 Å². The summed E-state index contributed by atoms with van der Waals surface area (Å²) in [4.78, 5) is 80.0. The third kappa shape index (κ3) is 15.5. The number of hydrogen-bond donors (Lipinski definition) is 6. The van der Waals surface area contributed by atoms with Gasteiger partial charge in [0.25, 0.3) is 10.1 Å². The first-order chi connectivity index (χ1) is 31.8. The number of fused-ring (bicyclic) bond motifs is 2. The fourth-order valence-electron chi connectivity index (χ4n) is 7.20. The van der Waals surface area contributed by atoms with Crippen LogP contribution in [-0.2, 0) is 32.3 Å². The molecule has 6 heterocycles. The van der Waals surface area contributed by atoms with Crippen LogP contribution < -0.4 is 35.6 Å². The maximum atomic E-state index is 13.1. The molecule has 0 bridgehead atoms. The molecule has 378 valence electrons. The van der Waals surface area contributed by atoms with Crippen LogP contribution in [0.15, 0.2) is 24.0 Å². The van der Waals surface area contributed by atoms with E-state index in [9.17, 15) is 37.1 Å². The molecular formula is C41H56Cl2N10O13P2S. The van der Waals surface area contributed by atoms with Crippen LogP contribution in [0, 0.1) is 45.4 Å². The van der Waals surface area contributed by atoms with Gasteiger partial charge in [-0.2, -0.15) is 18.4 Å². The third-order valence-corrected chi connectivity index (χ3v) is 12.5. The van der Waals surface area contributed by atoms with Gasteiger partial charge in [-0.1, -0.05) is 61.5 Å². The lowest BCUT2D eigenvalue weighted by atomic mass is 9.84.